The largest absolute Gasteiger partial charge is 0.312 e. The van der Waals surface area contributed by atoms with Crippen LogP contribution >= 0.6 is 11.8 Å². The van der Waals surface area contributed by atoms with Crippen molar-refractivity contribution in [3.63, 3.8) is 0 Å². The van der Waals surface area contributed by atoms with Crippen molar-refractivity contribution in [2.75, 3.05) is 37.4 Å². The van der Waals surface area contributed by atoms with Crippen LogP contribution in [0.2, 0.25) is 0 Å². The van der Waals surface area contributed by atoms with E-state index in [9.17, 15) is 8.42 Å². The first-order chi connectivity index (χ1) is 7.96. The molecule has 1 saturated heterocycles. The van der Waals surface area contributed by atoms with Gasteiger partial charge in [-0.2, -0.15) is 11.8 Å². The highest BCUT2D eigenvalue weighted by Crippen LogP contribution is 2.22. The molecule has 0 bridgehead atoms. The fourth-order valence-corrected chi connectivity index (χ4v) is 4.96. The van der Waals surface area contributed by atoms with Crippen LogP contribution in [0.25, 0.3) is 0 Å². The zero-order chi connectivity index (χ0) is 12.9. The van der Waals surface area contributed by atoms with Crippen LogP contribution in [0.5, 0.6) is 0 Å². The van der Waals surface area contributed by atoms with Gasteiger partial charge in [0.05, 0.1) is 0 Å². The SMILES string of the molecule is C=CCNCC(C)N1CCSCC1S(C)(=O)=O. The van der Waals surface area contributed by atoms with Gasteiger partial charge in [0, 0.05) is 43.4 Å². The van der Waals surface area contributed by atoms with Crippen molar-refractivity contribution < 1.29 is 8.42 Å². The van der Waals surface area contributed by atoms with Gasteiger partial charge in [-0.25, -0.2) is 8.42 Å². The second-order valence-electron chi connectivity index (χ2n) is 4.39. The van der Waals surface area contributed by atoms with Crippen LogP contribution in [-0.2, 0) is 9.84 Å². The number of nitrogens with one attached hydrogen (secondary N) is 1. The standard InChI is InChI=1S/C11H22N2O2S2/c1-4-5-12-8-10(2)13-6-7-16-9-11(13)17(3,14)15/h4,10-12H,1,5-9H2,2-3H3. The summed E-state index contributed by atoms with van der Waals surface area (Å²) in [6.07, 6.45) is 3.15. The third-order valence-electron chi connectivity index (χ3n) is 2.91. The van der Waals surface area contributed by atoms with Crippen LogP contribution in [0.15, 0.2) is 12.7 Å². The van der Waals surface area contributed by atoms with Gasteiger partial charge in [0.1, 0.15) is 5.37 Å². The molecule has 0 aromatic carbocycles. The number of thioether (sulfide) groups is 1. The normalized spacial score (nSPS) is 24.5. The van der Waals surface area contributed by atoms with Gasteiger partial charge in [-0.05, 0) is 6.92 Å². The quantitative estimate of drug-likeness (QED) is 0.569. The number of rotatable bonds is 6. The summed E-state index contributed by atoms with van der Waals surface area (Å²) in [5.41, 5.74) is 0. The van der Waals surface area contributed by atoms with E-state index in [1.165, 1.54) is 6.26 Å². The second kappa shape index (κ2) is 6.78. The van der Waals surface area contributed by atoms with Crippen molar-refractivity contribution in [1.82, 2.24) is 10.2 Å². The Hall–Kier alpha value is -0.0400. The summed E-state index contributed by atoms with van der Waals surface area (Å²) in [7, 11) is -2.99. The van der Waals surface area contributed by atoms with E-state index >= 15 is 0 Å². The van der Waals surface area contributed by atoms with Gasteiger partial charge in [-0.15, -0.1) is 6.58 Å². The topological polar surface area (TPSA) is 49.4 Å². The highest BCUT2D eigenvalue weighted by Gasteiger charge is 2.33. The van der Waals surface area contributed by atoms with E-state index < -0.39 is 9.84 Å². The molecule has 0 aliphatic carbocycles. The van der Waals surface area contributed by atoms with Crippen LogP contribution in [0.4, 0.5) is 0 Å². The minimum absolute atomic E-state index is 0.232. The Kier molecular flexibility index (Phi) is 5.99. The van der Waals surface area contributed by atoms with E-state index in [0.29, 0.717) is 5.75 Å². The maximum Gasteiger partial charge on any atom is 0.164 e. The van der Waals surface area contributed by atoms with Crippen LogP contribution < -0.4 is 5.32 Å². The molecule has 2 unspecified atom stereocenters. The Morgan fingerprint density at radius 2 is 2.35 bits per heavy atom. The molecule has 100 valence electrons. The molecule has 2 atom stereocenters. The molecule has 1 aliphatic rings. The summed E-state index contributed by atoms with van der Waals surface area (Å²) in [6, 6.07) is 0.232. The molecule has 1 heterocycles. The number of nitrogens with zero attached hydrogens (tertiary/aromatic N) is 1. The van der Waals surface area contributed by atoms with E-state index in [1.54, 1.807) is 11.8 Å². The molecule has 1 rings (SSSR count). The minimum Gasteiger partial charge on any atom is -0.312 e. The van der Waals surface area contributed by atoms with Gasteiger partial charge < -0.3 is 5.32 Å². The molecule has 0 saturated carbocycles. The zero-order valence-corrected chi connectivity index (χ0v) is 12.2. The summed E-state index contributed by atoms with van der Waals surface area (Å²) in [5, 5.41) is 2.91. The summed E-state index contributed by atoms with van der Waals surface area (Å²) in [4.78, 5) is 2.10. The Labute approximate surface area is 109 Å². The molecule has 0 spiro atoms. The van der Waals surface area contributed by atoms with Gasteiger partial charge in [0.25, 0.3) is 0 Å². The monoisotopic (exact) mass is 278 g/mol. The fourth-order valence-electron chi connectivity index (χ4n) is 1.98. The molecule has 1 fully saturated rings. The van der Waals surface area contributed by atoms with Crippen molar-refractivity contribution in [1.29, 1.82) is 0 Å². The van der Waals surface area contributed by atoms with Crippen molar-refractivity contribution in [2.24, 2.45) is 0 Å². The molecule has 0 aromatic heterocycles. The highest BCUT2D eigenvalue weighted by molar-refractivity contribution is 8.00. The third kappa shape index (κ3) is 4.62. The Balaban J connectivity index is 2.61. The average molecular weight is 278 g/mol. The zero-order valence-electron chi connectivity index (χ0n) is 10.6. The van der Waals surface area contributed by atoms with Gasteiger partial charge in [0.15, 0.2) is 9.84 Å². The molecule has 1 aliphatic heterocycles. The molecule has 0 aromatic rings. The van der Waals surface area contributed by atoms with Crippen molar-refractivity contribution in [3.05, 3.63) is 12.7 Å². The lowest BCUT2D eigenvalue weighted by Crippen LogP contribution is -2.53. The maximum absolute atomic E-state index is 11.7. The van der Waals surface area contributed by atoms with Crippen LogP contribution in [0.1, 0.15) is 6.92 Å². The molecular formula is C11H22N2O2S2. The summed E-state index contributed by atoms with van der Waals surface area (Å²) >= 11 is 1.72. The van der Waals surface area contributed by atoms with Gasteiger partial charge in [0.2, 0.25) is 0 Å². The number of hydrogen-bond acceptors (Lipinski definition) is 5. The smallest absolute Gasteiger partial charge is 0.164 e. The molecule has 6 heteroatoms. The number of hydrogen-bond donors (Lipinski definition) is 1. The summed E-state index contributed by atoms with van der Waals surface area (Å²) in [5.74, 6) is 1.70. The summed E-state index contributed by atoms with van der Waals surface area (Å²) < 4.78 is 23.5. The Morgan fingerprint density at radius 1 is 1.65 bits per heavy atom. The molecule has 1 N–H and O–H groups in total. The first kappa shape index (κ1) is 15.0. The highest BCUT2D eigenvalue weighted by atomic mass is 32.2. The van der Waals surface area contributed by atoms with Gasteiger partial charge >= 0.3 is 0 Å². The second-order valence-corrected chi connectivity index (χ2v) is 7.75. The maximum atomic E-state index is 11.7. The Morgan fingerprint density at radius 3 is 2.94 bits per heavy atom. The Bertz CT molecular complexity index is 343. The lowest BCUT2D eigenvalue weighted by Gasteiger charge is -2.38. The predicted molar refractivity (Wildman–Crippen MR) is 75.2 cm³/mol. The minimum atomic E-state index is -2.99. The first-order valence-electron chi connectivity index (χ1n) is 5.80. The fraction of sp³-hybridized carbons (Fsp3) is 0.818. The van der Waals surface area contributed by atoms with Crippen LogP contribution in [0, 0.1) is 0 Å². The molecule has 4 nitrogen and oxygen atoms in total. The van der Waals surface area contributed by atoms with Crippen LogP contribution in [0.3, 0.4) is 0 Å². The lowest BCUT2D eigenvalue weighted by atomic mass is 10.2. The van der Waals surface area contributed by atoms with E-state index in [4.69, 9.17) is 0 Å². The van der Waals surface area contributed by atoms with Crippen molar-refractivity contribution in [3.8, 4) is 0 Å². The van der Waals surface area contributed by atoms with Gasteiger partial charge in [-0.3, -0.25) is 4.90 Å². The van der Waals surface area contributed by atoms with E-state index in [0.717, 1.165) is 25.4 Å². The molecule has 0 radical (unpaired) electrons. The third-order valence-corrected chi connectivity index (χ3v) is 5.57. The van der Waals surface area contributed by atoms with Crippen LogP contribution in [-0.4, -0.2) is 62.1 Å². The average Bonchev–Trinajstić information content (AvgIpc) is 2.28. The predicted octanol–water partition coefficient (Wildman–Crippen LogP) is 0.570. The van der Waals surface area contributed by atoms with Crippen molar-refractivity contribution in [2.45, 2.75) is 18.3 Å². The van der Waals surface area contributed by atoms with E-state index in [1.807, 2.05) is 6.08 Å². The molecule has 17 heavy (non-hydrogen) atoms. The number of sulfone groups is 1. The molecule has 0 amide bonds. The summed E-state index contributed by atoms with van der Waals surface area (Å²) in [6.45, 7) is 8.12. The van der Waals surface area contributed by atoms with Crippen molar-refractivity contribution >= 4 is 21.6 Å². The lowest BCUT2D eigenvalue weighted by molar-refractivity contribution is 0.202. The van der Waals surface area contributed by atoms with E-state index in [2.05, 4.69) is 23.7 Å². The first-order valence-corrected chi connectivity index (χ1v) is 8.91. The van der Waals surface area contributed by atoms with Gasteiger partial charge in [-0.1, -0.05) is 6.08 Å². The molecular weight excluding hydrogens is 256 g/mol. The van der Waals surface area contributed by atoms with E-state index in [-0.39, 0.29) is 11.4 Å².